The molecule has 0 amide bonds. The number of methoxy groups -OCH3 is 1. The van der Waals surface area contributed by atoms with Crippen molar-refractivity contribution in [1.82, 2.24) is 0 Å². The second kappa shape index (κ2) is 15.9. The van der Waals surface area contributed by atoms with Gasteiger partial charge in [0.25, 0.3) is 0 Å². The normalized spacial score (nSPS) is 14.6. The Labute approximate surface area is 180 Å². The predicted molar refractivity (Wildman–Crippen MR) is 103 cm³/mol. The zero-order chi connectivity index (χ0) is 23.8. The number of carbonyl (C=O) groups excluding carboxylic acids is 4. The summed E-state index contributed by atoms with van der Waals surface area (Å²) in [7, 11) is 1.47. The number of hydrogen-bond donors (Lipinski definition) is 1. The zero-order valence-electron chi connectivity index (χ0n) is 18.2. The maximum atomic E-state index is 11.6. The maximum Gasteiger partial charge on any atom is 0.508 e. The van der Waals surface area contributed by atoms with Crippen LogP contribution in [0.2, 0.25) is 0 Å². The molecular weight excluding hydrogens is 420 g/mol. The number of aliphatic hydroxyl groups is 1. The standard InChI is InChI=1S/C19H30O12/c1-12(20)8-28-18(23)30-14(3)10-26-16(21)6-7-17(22)27-11-15(4)31-19(24)29-9-13(2)25-5/h6-7,12-15,20H,8-11H2,1-5H3/b7-6-. The Balaban J connectivity index is 4.06. The molecule has 0 saturated heterocycles. The predicted octanol–water partition coefficient (Wildman–Crippen LogP) is 1.13. The van der Waals surface area contributed by atoms with Gasteiger partial charge in [0, 0.05) is 19.3 Å². The summed E-state index contributed by atoms with van der Waals surface area (Å²) in [5.74, 6) is -1.73. The van der Waals surface area contributed by atoms with Crippen molar-refractivity contribution >= 4 is 24.2 Å². The molecule has 4 unspecified atom stereocenters. The second-order valence-electron chi connectivity index (χ2n) is 6.47. The lowest BCUT2D eigenvalue weighted by Gasteiger charge is -2.14. The molecule has 0 radical (unpaired) electrons. The lowest BCUT2D eigenvalue weighted by atomic mass is 10.4. The van der Waals surface area contributed by atoms with Gasteiger partial charge in [-0.05, 0) is 27.7 Å². The third kappa shape index (κ3) is 16.6. The van der Waals surface area contributed by atoms with E-state index >= 15 is 0 Å². The van der Waals surface area contributed by atoms with Crippen molar-refractivity contribution in [3.63, 3.8) is 0 Å². The zero-order valence-corrected chi connectivity index (χ0v) is 18.2. The summed E-state index contributed by atoms with van der Waals surface area (Å²) in [4.78, 5) is 45.9. The summed E-state index contributed by atoms with van der Waals surface area (Å²) >= 11 is 0. The lowest BCUT2D eigenvalue weighted by molar-refractivity contribution is -0.143. The van der Waals surface area contributed by atoms with E-state index in [4.69, 9.17) is 33.5 Å². The largest absolute Gasteiger partial charge is 0.508 e. The van der Waals surface area contributed by atoms with E-state index in [0.717, 1.165) is 12.2 Å². The smallest absolute Gasteiger partial charge is 0.459 e. The van der Waals surface area contributed by atoms with Crippen molar-refractivity contribution in [2.45, 2.75) is 52.1 Å². The van der Waals surface area contributed by atoms with Gasteiger partial charge in [-0.3, -0.25) is 0 Å². The van der Waals surface area contributed by atoms with Crippen LogP contribution in [0.5, 0.6) is 0 Å². The molecule has 0 heterocycles. The molecule has 0 rings (SSSR count). The van der Waals surface area contributed by atoms with Gasteiger partial charge in [0.2, 0.25) is 0 Å². The van der Waals surface area contributed by atoms with Gasteiger partial charge in [-0.15, -0.1) is 0 Å². The molecule has 4 atom stereocenters. The van der Waals surface area contributed by atoms with Crippen LogP contribution in [0.25, 0.3) is 0 Å². The van der Waals surface area contributed by atoms with Crippen molar-refractivity contribution in [2.24, 2.45) is 0 Å². The first-order valence-electron chi connectivity index (χ1n) is 9.42. The van der Waals surface area contributed by atoms with Gasteiger partial charge in [0.15, 0.2) is 0 Å². The van der Waals surface area contributed by atoms with Crippen molar-refractivity contribution in [3.8, 4) is 0 Å². The fourth-order valence-electron chi connectivity index (χ4n) is 1.54. The summed E-state index contributed by atoms with van der Waals surface area (Å²) in [5.41, 5.74) is 0. The summed E-state index contributed by atoms with van der Waals surface area (Å²) in [6.07, 6.45) is -3.00. The van der Waals surface area contributed by atoms with Crippen LogP contribution in [-0.4, -0.2) is 87.3 Å². The van der Waals surface area contributed by atoms with Gasteiger partial charge < -0.3 is 38.3 Å². The van der Waals surface area contributed by atoms with Crippen LogP contribution in [0.1, 0.15) is 27.7 Å². The monoisotopic (exact) mass is 450 g/mol. The number of aliphatic hydroxyl groups excluding tert-OH is 1. The Morgan fingerprint density at radius 2 is 1.06 bits per heavy atom. The Morgan fingerprint density at radius 1 is 0.677 bits per heavy atom. The summed E-state index contributed by atoms with van der Waals surface area (Å²) in [6.45, 7) is 5.33. The van der Waals surface area contributed by atoms with Crippen LogP contribution in [0, 0.1) is 0 Å². The Bertz CT molecular complexity index is 601. The van der Waals surface area contributed by atoms with Gasteiger partial charge >= 0.3 is 24.2 Å². The number of ether oxygens (including phenoxy) is 7. The first-order chi connectivity index (χ1) is 14.5. The molecule has 0 saturated carbocycles. The number of rotatable bonds is 13. The van der Waals surface area contributed by atoms with Crippen molar-refractivity contribution in [3.05, 3.63) is 12.2 Å². The van der Waals surface area contributed by atoms with Crippen LogP contribution in [0.3, 0.4) is 0 Å². The molecule has 0 aliphatic rings. The summed E-state index contributed by atoms with van der Waals surface area (Å²) in [5, 5.41) is 8.99. The molecule has 178 valence electrons. The Morgan fingerprint density at radius 3 is 1.45 bits per heavy atom. The topological polar surface area (TPSA) is 153 Å². The van der Waals surface area contributed by atoms with Gasteiger partial charge in [-0.1, -0.05) is 0 Å². The number of carbonyl (C=O) groups is 4. The molecule has 0 aliphatic carbocycles. The molecule has 0 fully saturated rings. The van der Waals surface area contributed by atoms with Crippen LogP contribution in [-0.2, 0) is 42.7 Å². The van der Waals surface area contributed by atoms with E-state index in [0.29, 0.717) is 0 Å². The van der Waals surface area contributed by atoms with Crippen molar-refractivity contribution in [2.75, 3.05) is 33.5 Å². The highest BCUT2D eigenvalue weighted by molar-refractivity contribution is 5.91. The minimum atomic E-state index is -1.02. The molecule has 0 aromatic rings. The molecule has 1 N–H and O–H groups in total. The molecule has 12 heteroatoms. The third-order valence-corrected chi connectivity index (χ3v) is 3.15. The van der Waals surface area contributed by atoms with Crippen molar-refractivity contribution in [1.29, 1.82) is 0 Å². The second-order valence-corrected chi connectivity index (χ2v) is 6.47. The first kappa shape index (κ1) is 28.1. The Hall–Kier alpha value is -2.86. The Kier molecular flexibility index (Phi) is 14.4. The maximum absolute atomic E-state index is 11.6. The molecule has 12 nitrogen and oxygen atoms in total. The van der Waals surface area contributed by atoms with E-state index in [1.165, 1.54) is 27.9 Å². The van der Waals surface area contributed by atoms with E-state index in [-0.39, 0.29) is 32.5 Å². The molecular formula is C19H30O12. The highest BCUT2D eigenvalue weighted by Crippen LogP contribution is 2.00. The van der Waals surface area contributed by atoms with E-state index in [1.807, 2.05) is 0 Å². The highest BCUT2D eigenvalue weighted by Gasteiger charge is 2.15. The van der Waals surface area contributed by atoms with E-state index < -0.39 is 42.6 Å². The van der Waals surface area contributed by atoms with Crippen LogP contribution in [0.15, 0.2) is 12.2 Å². The summed E-state index contributed by atoms with van der Waals surface area (Å²) in [6, 6.07) is 0. The van der Waals surface area contributed by atoms with Crippen molar-refractivity contribution < 1.29 is 57.4 Å². The first-order valence-corrected chi connectivity index (χ1v) is 9.42. The van der Waals surface area contributed by atoms with E-state index in [2.05, 4.69) is 4.74 Å². The van der Waals surface area contributed by atoms with E-state index in [1.54, 1.807) is 6.92 Å². The van der Waals surface area contributed by atoms with Crippen LogP contribution >= 0.6 is 0 Å². The van der Waals surface area contributed by atoms with Gasteiger partial charge in [-0.2, -0.15) is 0 Å². The molecule has 0 aromatic heterocycles. The molecule has 0 bridgehead atoms. The van der Waals surface area contributed by atoms with Crippen LogP contribution < -0.4 is 0 Å². The molecule has 0 aliphatic heterocycles. The molecule has 31 heavy (non-hydrogen) atoms. The van der Waals surface area contributed by atoms with Crippen LogP contribution in [0.4, 0.5) is 9.59 Å². The molecule has 0 aromatic carbocycles. The van der Waals surface area contributed by atoms with E-state index in [9.17, 15) is 19.2 Å². The molecule has 0 spiro atoms. The van der Waals surface area contributed by atoms with Gasteiger partial charge in [0.1, 0.15) is 38.6 Å². The number of esters is 2. The third-order valence-electron chi connectivity index (χ3n) is 3.15. The van der Waals surface area contributed by atoms with Gasteiger partial charge in [0.05, 0.1) is 12.2 Å². The lowest BCUT2D eigenvalue weighted by Crippen LogP contribution is -2.25. The highest BCUT2D eigenvalue weighted by atomic mass is 16.7. The summed E-state index contributed by atoms with van der Waals surface area (Å²) < 4.78 is 33.6. The SMILES string of the molecule is COC(C)COC(=O)OC(C)COC(=O)/C=C\C(=O)OCC(C)OC(=O)OCC(C)O. The average Bonchev–Trinajstić information content (AvgIpc) is 2.71. The number of hydrogen-bond acceptors (Lipinski definition) is 12. The quantitative estimate of drug-likeness (QED) is 0.243. The minimum Gasteiger partial charge on any atom is -0.459 e. The fraction of sp³-hybridized carbons (Fsp3) is 0.684. The fourth-order valence-corrected chi connectivity index (χ4v) is 1.54. The van der Waals surface area contributed by atoms with Gasteiger partial charge in [-0.25, -0.2) is 19.2 Å². The average molecular weight is 450 g/mol. The minimum absolute atomic E-state index is 0.0133.